The zero-order valence-corrected chi connectivity index (χ0v) is 23.1. The first kappa shape index (κ1) is 29.1. The van der Waals surface area contributed by atoms with E-state index in [1.165, 1.54) is 6.07 Å². The number of likely N-dealkylation sites (N-methyl/N-ethyl adjacent to an activating group) is 1. The van der Waals surface area contributed by atoms with Crippen LogP contribution in [0.4, 0.5) is 0 Å². The van der Waals surface area contributed by atoms with Crippen LogP contribution in [0.1, 0.15) is 52.6 Å². The smallest absolute Gasteiger partial charge is 0.253 e. The highest BCUT2D eigenvalue weighted by Gasteiger charge is 2.25. The van der Waals surface area contributed by atoms with E-state index in [0.29, 0.717) is 22.2 Å². The Morgan fingerprint density at radius 3 is 2.35 bits per heavy atom. The zero-order valence-electron chi connectivity index (χ0n) is 20.8. The molecule has 3 aromatic rings. The van der Waals surface area contributed by atoms with Crippen LogP contribution in [-0.2, 0) is 0 Å². The lowest BCUT2D eigenvalue weighted by Crippen LogP contribution is -2.36. The van der Waals surface area contributed by atoms with Crippen LogP contribution in [0.15, 0.2) is 66.7 Å². The van der Waals surface area contributed by atoms with Crippen molar-refractivity contribution in [2.45, 2.75) is 31.1 Å². The standard InChI is InChI=1S/C29H32Cl2N2O3.ClH/c1-32(29(36)21-5-3-2-4-6-21)19-23(22-7-10-26(30)27(31)17-22)13-16-33-14-11-20(12-15-33)25-9-8-24(34)18-28(25)35;/h2-10,17-18,20,23,34-35H,11-16,19H2,1H3;1H. The van der Waals surface area contributed by atoms with Crippen molar-refractivity contribution in [1.82, 2.24) is 9.80 Å². The number of amides is 1. The van der Waals surface area contributed by atoms with Crippen molar-refractivity contribution in [3.05, 3.63) is 93.5 Å². The van der Waals surface area contributed by atoms with Gasteiger partial charge in [0.1, 0.15) is 11.5 Å². The maximum atomic E-state index is 13.0. The summed E-state index contributed by atoms with van der Waals surface area (Å²) >= 11 is 12.5. The van der Waals surface area contributed by atoms with Crippen molar-refractivity contribution < 1.29 is 15.0 Å². The van der Waals surface area contributed by atoms with Crippen LogP contribution >= 0.6 is 35.6 Å². The van der Waals surface area contributed by atoms with Gasteiger partial charge in [0.05, 0.1) is 10.0 Å². The molecule has 8 heteroatoms. The van der Waals surface area contributed by atoms with Crippen molar-refractivity contribution in [3.63, 3.8) is 0 Å². The maximum absolute atomic E-state index is 13.0. The number of hydrogen-bond acceptors (Lipinski definition) is 4. The molecule has 1 aliphatic heterocycles. The van der Waals surface area contributed by atoms with Crippen LogP contribution in [0.2, 0.25) is 10.0 Å². The number of phenolic OH excluding ortho intramolecular Hbond substituents is 2. The summed E-state index contributed by atoms with van der Waals surface area (Å²) in [5, 5.41) is 20.9. The lowest BCUT2D eigenvalue weighted by molar-refractivity contribution is 0.0781. The molecule has 1 saturated heterocycles. The number of nitrogens with zero attached hydrogens (tertiary/aromatic N) is 2. The average Bonchev–Trinajstić information content (AvgIpc) is 2.88. The fraction of sp³-hybridized carbons (Fsp3) is 0.345. The van der Waals surface area contributed by atoms with Gasteiger partial charge in [0.25, 0.3) is 5.91 Å². The molecule has 3 aromatic carbocycles. The number of aromatic hydroxyl groups is 2. The molecule has 1 aliphatic rings. The summed E-state index contributed by atoms with van der Waals surface area (Å²) in [5.41, 5.74) is 2.65. The Labute approximate surface area is 235 Å². The maximum Gasteiger partial charge on any atom is 0.253 e. The normalized spacial score (nSPS) is 15.1. The number of benzene rings is 3. The minimum atomic E-state index is -0.00446. The van der Waals surface area contributed by atoms with Crippen LogP contribution < -0.4 is 0 Å². The average molecular weight is 564 g/mol. The third kappa shape index (κ3) is 7.55. The fourth-order valence-electron chi connectivity index (χ4n) is 5.03. The minimum Gasteiger partial charge on any atom is -0.508 e. The Bertz CT molecular complexity index is 1180. The summed E-state index contributed by atoms with van der Waals surface area (Å²) in [4.78, 5) is 17.2. The summed E-state index contributed by atoms with van der Waals surface area (Å²) in [6.07, 6.45) is 2.77. The molecule has 1 unspecified atom stereocenters. The summed E-state index contributed by atoms with van der Waals surface area (Å²) in [7, 11) is 1.84. The Morgan fingerprint density at radius 2 is 1.70 bits per heavy atom. The lowest BCUT2D eigenvalue weighted by Gasteiger charge is -2.34. The number of likely N-dealkylation sites (tertiary alicyclic amines) is 1. The van der Waals surface area contributed by atoms with E-state index < -0.39 is 0 Å². The molecule has 0 radical (unpaired) electrons. The van der Waals surface area contributed by atoms with Gasteiger partial charge in [-0.1, -0.05) is 53.5 Å². The van der Waals surface area contributed by atoms with Crippen LogP contribution in [0.3, 0.4) is 0 Å². The molecule has 1 atom stereocenters. The molecule has 1 amide bonds. The lowest BCUT2D eigenvalue weighted by atomic mass is 9.88. The molecule has 1 fully saturated rings. The molecule has 2 N–H and O–H groups in total. The van der Waals surface area contributed by atoms with Crippen LogP contribution in [0.5, 0.6) is 11.5 Å². The molecule has 0 spiro atoms. The Balaban J connectivity index is 0.00000380. The highest BCUT2D eigenvalue weighted by molar-refractivity contribution is 6.42. The second-order valence-electron chi connectivity index (χ2n) is 9.57. The van der Waals surface area contributed by atoms with Crippen molar-refractivity contribution in [2.24, 2.45) is 0 Å². The molecule has 5 nitrogen and oxygen atoms in total. The number of phenols is 2. The van der Waals surface area contributed by atoms with Crippen molar-refractivity contribution in [2.75, 3.05) is 33.2 Å². The van der Waals surface area contributed by atoms with E-state index in [1.807, 2.05) is 61.6 Å². The van der Waals surface area contributed by atoms with Gasteiger partial charge in [-0.25, -0.2) is 0 Å². The summed E-state index contributed by atoms with van der Waals surface area (Å²) in [6.45, 7) is 3.33. The van der Waals surface area contributed by atoms with Gasteiger partial charge >= 0.3 is 0 Å². The zero-order chi connectivity index (χ0) is 25.7. The second kappa shape index (κ2) is 13.4. The molecule has 0 saturated carbocycles. The largest absolute Gasteiger partial charge is 0.508 e. The molecule has 0 aromatic heterocycles. The summed E-state index contributed by atoms with van der Waals surface area (Å²) in [5.74, 6) is 0.630. The molecular weight excluding hydrogens is 531 g/mol. The Morgan fingerprint density at radius 1 is 1.00 bits per heavy atom. The van der Waals surface area contributed by atoms with Gasteiger partial charge in [-0.2, -0.15) is 0 Å². The van der Waals surface area contributed by atoms with E-state index in [-0.39, 0.29) is 41.6 Å². The van der Waals surface area contributed by atoms with Crippen molar-refractivity contribution >= 4 is 41.5 Å². The van der Waals surface area contributed by atoms with Gasteiger partial charge in [0.15, 0.2) is 0 Å². The highest BCUT2D eigenvalue weighted by atomic mass is 35.5. The number of halogens is 3. The number of rotatable bonds is 8. The molecule has 4 rings (SSSR count). The van der Waals surface area contributed by atoms with Crippen molar-refractivity contribution in [3.8, 4) is 11.5 Å². The van der Waals surface area contributed by atoms with E-state index in [0.717, 1.165) is 50.0 Å². The monoisotopic (exact) mass is 562 g/mol. The Kier molecular flexibility index (Phi) is 10.5. The van der Waals surface area contributed by atoms with E-state index in [4.69, 9.17) is 23.2 Å². The van der Waals surface area contributed by atoms with Crippen LogP contribution in [0, 0.1) is 0 Å². The third-order valence-electron chi connectivity index (χ3n) is 7.11. The first-order chi connectivity index (χ1) is 17.3. The molecular formula is C29H33Cl3N2O3. The minimum absolute atomic E-state index is 0. The van der Waals surface area contributed by atoms with E-state index in [9.17, 15) is 15.0 Å². The topological polar surface area (TPSA) is 64.0 Å². The number of carbonyl (C=O) groups is 1. The van der Waals surface area contributed by atoms with Gasteiger partial charge in [-0.3, -0.25) is 4.79 Å². The quantitative estimate of drug-likeness (QED) is 0.311. The van der Waals surface area contributed by atoms with Crippen LogP contribution in [0.25, 0.3) is 0 Å². The van der Waals surface area contributed by atoms with Gasteiger partial charge in [-0.05, 0) is 86.3 Å². The predicted octanol–water partition coefficient (Wildman–Crippen LogP) is 6.95. The third-order valence-corrected chi connectivity index (χ3v) is 7.85. The summed E-state index contributed by atoms with van der Waals surface area (Å²) in [6, 6.07) is 19.9. The number of piperidine rings is 1. The van der Waals surface area contributed by atoms with Crippen LogP contribution in [-0.4, -0.2) is 59.1 Å². The van der Waals surface area contributed by atoms with Gasteiger partial charge in [-0.15, -0.1) is 12.4 Å². The molecule has 37 heavy (non-hydrogen) atoms. The predicted molar refractivity (Wildman–Crippen MR) is 153 cm³/mol. The second-order valence-corrected chi connectivity index (χ2v) is 10.4. The number of carbonyl (C=O) groups excluding carboxylic acids is 1. The molecule has 1 heterocycles. The first-order valence-electron chi connectivity index (χ1n) is 12.3. The first-order valence-corrected chi connectivity index (χ1v) is 13.1. The number of hydrogen-bond donors (Lipinski definition) is 2. The van der Waals surface area contributed by atoms with E-state index in [2.05, 4.69) is 4.90 Å². The molecule has 0 aliphatic carbocycles. The van der Waals surface area contributed by atoms with Crippen molar-refractivity contribution in [1.29, 1.82) is 0 Å². The van der Waals surface area contributed by atoms with Gasteiger partial charge < -0.3 is 20.0 Å². The molecule has 0 bridgehead atoms. The molecule has 198 valence electrons. The highest BCUT2D eigenvalue weighted by Crippen LogP contribution is 2.36. The van der Waals surface area contributed by atoms with Gasteiger partial charge in [0, 0.05) is 31.1 Å². The SMILES string of the molecule is CN(CC(CCN1CCC(c2ccc(O)cc2O)CC1)c1ccc(Cl)c(Cl)c1)C(=O)c1ccccc1.Cl. The summed E-state index contributed by atoms with van der Waals surface area (Å²) < 4.78 is 0. The van der Waals surface area contributed by atoms with E-state index in [1.54, 1.807) is 11.0 Å². The van der Waals surface area contributed by atoms with E-state index >= 15 is 0 Å². The van der Waals surface area contributed by atoms with Gasteiger partial charge in [0.2, 0.25) is 0 Å². The fourth-order valence-corrected chi connectivity index (χ4v) is 5.33. The Hall–Kier alpha value is -2.44.